The fraction of sp³-hybridized carbons (Fsp3) is 0.133. The van der Waals surface area contributed by atoms with Crippen LogP contribution in [-0.4, -0.2) is 29.9 Å². The van der Waals surface area contributed by atoms with Crippen molar-refractivity contribution in [2.75, 3.05) is 0 Å². The van der Waals surface area contributed by atoms with Gasteiger partial charge in [0.2, 0.25) is 0 Å². The molecule has 0 saturated carbocycles. The molecule has 1 aliphatic rings. The maximum Gasteiger partial charge on any atom is 0.164 e. The second kappa shape index (κ2) is 18.0. The molecule has 10 rings (SSSR count). The molecule has 0 amide bonds. The molecule has 0 fully saturated rings. The van der Waals surface area contributed by atoms with Crippen LogP contribution in [0.15, 0.2) is 188 Å². The Morgan fingerprint density at radius 1 is 0.478 bits per heavy atom. The number of aromatic nitrogens is 6. The Labute approximate surface area is 392 Å². The summed E-state index contributed by atoms with van der Waals surface area (Å²) in [7, 11) is 0. The Kier molecular flexibility index (Phi) is 11.5. The molecule has 7 heteroatoms. The molecule has 2 aromatic heterocycles. The number of allylic oxidation sites excluding steroid dienone is 4. The van der Waals surface area contributed by atoms with Crippen molar-refractivity contribution < 1.29 is 4.74 Å². The first-order chi connectivity index (χ1) is 32.6. The minimum absolute atomic E-state index is 0.0257. The maximum atomic E-state index is 7.16. The summed E-state index contributed by atoms with van der Waals surface area (Å²) in [5.41, 5.74) is 13.0. The largest absolute Gasteiger partial charge is 0.456 e. The maximum absolute atomic E-state index is 7.16. The zero-order valence-corrected chi connectivity index (χ0v) is 38.6. The average Bonchev–Trinajstić information content (AvgIpc) is 3.36. The van der Waals surface area contributed by atoms with Gasteiger partial charge in [-0.3, -0.25) is 0 Å². The first-order valence-electron chi connectivity index (χ1n) is 22.8. The molecule has 7 nitrogen and oxygen atoms in total. The Morgan fingerprint density at radius 2 is 0.940 bits per heavy atom. The summed E-state index contributed by atoms with van der Waals surface area (Å²) in [6, 6.07) is 58.0. The minimum Gasteiger partial charge on any atom is -0.456 e. The molecule has 326 valence electrons. The van der Waals surface area contributed by atoms with Crippen molar-refractivity contribution >= 4 is 5.57 Å². The number of fused-ring (bicyclic) bond motifs is 2. The van der Waals surface area contributed by atoms with Gasteiger partial charge in [0, 0.05) is 61.4 Å². The number of hydrogen-bond acceptors (Lipinski definition) is 7. The Morgan fingerprint density at radius 3 is 1.58 bits per heavy atom. The van der Waals surface area contributed by atoms with Crippen LogP contribution < -0.4 is 4.74 Å². The van der Waals surface area contributed by atoms with Crippen molar-refractivity contribution in [3.63, 3.8) is 0 Å². The summed E-state index contributed by atoms with van der Waals surface area (Å²) in [6.45, 7) is 13.0. The fourth-order valence-electron chi connectivity index (χ4n) is 8.88. The third-order valence-corrected chi connectivity index (χ3v) is 12.7. The lowest BCUT2D eigenvalue weighted by molar-refractivity contribution is 0.413. The summed E-state index contributed by atoms with van der Waals surface area (Å²) in [5, 5.41) is 0. The van der Waals surface area contributed by atoms with E-state index >= 15 is 0 Å². The van der Waals surface area contributed by atoms with Crippen LogP contribution in [-0.2, 0) is 5.41 Å². The highest BCUT2D eigenvalue weighted by Gasteiger charge is 2.37. The van der Waals surface area contributed by atoms with Crippen LogP contribution >= 0.6 is 0 Å². The Balaban J connectivity index is 0.983. The summed E-state index contributed by atoms with van der Waals surface area (Å²) < 4.78 is 7.16. The molecular weight excluding hydrogens is 821 g/mol. The molecule has 1 aliphatic heterocycles. The average molecular weight is 871 g/mol. The van der Waals surface area contributed by atoms with E-state index in [0.717, 1.165) is 83.8 Å². The number of hydrogen-bond donors (Lipinski definition) is 0. The zero-order valence-electron chi connectivity index (χ0n) is 38.6. The molecule has 1 atom stereocenters. The highest BCUT2D eigenvalue weighted by atomic mass is 16.5. The van der Waals surface area contributed by atoms with Gasteiger partial charge >= 0.3 is 0 Å². The molecule has 67 heavy (non-hydrogen) atoms. The van der Waals surface area contributed by atoms with Gasteiger partial charge in [0.1, 0.15) is 11.5 Å². The molecular formula is C60H50N6O. The molecule has 9 aromatic rings. The smallest absolute Gasteiger partial charge is 0.164 e. The van der Waals surface area contributed by atoms with Gasteiger partial charge in [0.25, 0.3) is 0 Å². The van der Waals surface area contributed by atoms with Gasteiger partial charge < -0.3 is 4.74 Å². The quantitative estimate of drug-likeness (QED) is 0.127. The second-order valence-corrected chi connectivity index (χ2v) is 17.7. The lowest BCUT2D eigenvalue weighted by Crippen LogP contribution is -2.25. The molecule has 0 aliphatic carbocycles. The van der Waals surface area contributed by atoms with Crippen molar-refractivity contribution in [1.29, 1.82) is 0 Å². The second-order valence-electron chi connectivity index (χ2n) is 17.7. The minimum atomic E-state index is -0.336. The van der Waals surface area contributed by atoms with Crippen molar-refractivity contribution in [2.24, 2.45) is 0 Å². The van der Waals surface area contributed by atoms with Crippen LogP contribution in [0.1, 0.15) is 67.3 Å². The van der Waals surface area contributed by atoms with Gasteiger partial charge in [-0.05, 0) is 49.1 Å². The van der Waals surface area contributed by atoms with Gasteiger partial charge in [-0.1, -0.05) is 203 Å². The lowest BCUT2D eigenvalue weighted by atomic mass is 9.73. The van der Waals surface area contributed by atoms with E-state index in [-0.39, 0.29) is 11.3 Å². The van der Waals surface area contributed by atoms with Crippen molar-refractivity contribution in [3.05, 3.63) is 222 Å². The van der Waals surface area contributed by atoms with Gasteiger partial charge in [0.05, 0.1) is 0 Å². The molecule has 0 spiro atoms. The summed E-state index contributed by atoms with van der Waals surface area (Å²) >= 11 is 0. The van der Waals surface area contributed by atoms with E-state index in [9.17, 15) is 0 Å². The van der Waals surface area contributed by atoms with E-state index in [1.54, 1.807) is 0 Å². The van der Waals surface area contributed by atoms with Crippen LogP contribution in [0.25, 0.3) is 73.6 Å². The topological polar surface area (TPSA) is 86.6 Å². The van der Waals surface area contributed by atoms with Crippen molar-refractivity contribution in [3.8, 4) is 79.6 Å². The van der Waals surface area contributed by atoms with Gasteiger partial charge in [-0.25, -0.2) is 29.9 Å². The van der Waals surface area contributed by atoms with Gasteiger partial charge in [0.15, 0.2) is 34.9 Å². The standard InChI is InChI=1S/C60H50N6O/c1-38(23-17-24-41(4)54-61-55(42-25-9-7-10-26-42)64-58(62-54)47-31-15-13-21-39(47)2)46-33-19-35-50-52(46)67-53-49(34-20-36-51(53)60(50,5)6)44-29-18-30-45(37-44)57-63-56(43-27-11-8-12-28-43)65-59(66-57)48-32-16-14-22-40(48)3/h7-38H,1-6H3/b23-17-,41-24+. The number of rotatable bonds is 10. The first kappa shape index (κ1) is 42.8. The molecule has 0 radical (unpaired) electrons. The third-order valence-electron chi connectivity index (χ3n) is 12.7. The number of ether oxygens (including phenoxy) is 1. The predicted molar refractivity (Wildman–Crippen MR) is 272 cm³/mol. The molecule has 7 aromatic carbocycles. The van der Waals surface area contributed by atoms with E-state index in [2.05, 4.69) is 145 Å². The normalized spacial score (nSPS) is 13.4. The highest BCUT2D eigenvalue weighted by Crippen LogP contribution is 2.53. The Bertz CT molecular complexity index is 3360. The fourth-order valence-corrected chi connectivity index (χ4v) is 8.88. The first-order valence-corrected chi connectivity index (χ1v) is 22.8. The van der Waals surface area contributed by atoms with Crippen LogP contribution in [0.4, 0.5) is 0 Å². The number of nitrogens with zero attached hydrogens (tertiary/aromatic N) is 6. The van der Waals surface area contributed by atoms with E-state index in [1.165, 1.54) is 0 Å². The molecule has 0 bridgehead atoms. The summed E-state index contributed by atoms with van der Waals surface area (Å²) in [5.74, 6) is 5.59. The molecule has 1 unspecified atom stereocenters. The Hall–Kier alpha value is -8.16. The number of benzene rings is 7. The molecule has 3 heterocycles. The molecule has 0 saturated heterocycles. The third kappa shape index (κ3) is 8.48. The van der Waals surface area contributed by atoms with E-state index in [0.29, 0.717) is 34.9 Å². The predicted octanol–water partition coefficient (Wildman–Crippen LogP) is 14.9. The van der Waals surface area contributed by atoms with Gasteiger partial charge in [-0.15, -0.1) is 0 Å². The van der Waals surface area contributed by atoms with Crippen LogP contribution in [0.2, 0.25) is 0 Å². The van der Waals surface area contributed by atoms with Crippen LogP contribution in [0, 0.1) is 13.8 Å². The SMILES string of the molecule is C/C(=C\C=C/C(C)c1cccc2c1Oc1c(-c3cccc(-c4nc(-c5ccccc5)nc(-c5ccccc5C)n4)c3)cccc1C2(C)C)c1nc(-c2ccccc2)nc(-c2ccccc2C)n1. The zero-order chi connectivity index (χ0) is 46.1. The summed E-state index contributed by atoms with van der Waals surface area (Å²) in [6.07, 6.45) is 6.40. The monoisotopic (exact) mass is 870 g/mol. The lowest BCUT2D eigenvalue weighted by Gasteiger charge is -2.37. The van der Waals surface area contributed by atoms with Crippen LogP contribution in [0.5, 0.6) is 11.5 Å². The van der Waals surface area contributed by atoms with Crippen molar-refractivity contribution in [1.82, 2.24) is 29.9 Å². The number of aryl methyl sites for hydroxylation is 2. The van der Waals surface area contributed by atoms with E-state index < -0.39 is 0 Å². The van der Waals surface area contributed by atoms with Gasteiger partial charge in [-0.2, -0.15) is 0 Å². The number of para-hydroxylation sites is 2. The van der Waals surface area contributed by atoms with Crippen molar-refractivity contribution in [2.45, 2.75) is 52.9 Å². The molecule has 0 N–H and O–H groups in total. The van der Waals surface area contributed by atoms with Crippen LogP contribution in [0.3, 0.4) is 0 Å². The van der Waals surface area contributed by atoms with E-state index in [4.69, 9.17) is 34.6 Å². The van der Waals surface area contributed by atoms with E-state index in [1.807, 2.05) is 84.9 Å². The highest BCUT2D eigenvalue weighted by molar-refractivity contribution is 5.80. The summed E-state index contributed by atoms with van der Waals surface area (Å²) in [4.78, 5) is 29.9.